The Labute approximate surface area is 162 Å². The van der Waals surface area contributed by atoms with Gasteiger partial charge in [0.05, 0.1) is 5.69 Å². The van der Waals surface area contributed by atoms with E-state index in [1.807, 2.05) is 60.4 Å². The Morgan fingerprint density at radius 1 is 1.26 bits per heavy atom. The first kappa shape index (κ1) is 17.6. The zero-order valence-corrected chi connectivity index (χ0v) is 15.8. The number of ether oxygens (including phenoxy) is 1. The van der Waals surface area contributed by atoms with E-state index < -0.39 is 0 Å². The number of amides is 1. The molecule has 6 heteroatoms. The van der Waals surface area contributed by atoms with E-state index in [1.54, 1.807) is 0 Å². The number of fused-ring (bicyclic) bond motifs is 1. The number of aryl methyl sites for hydroxylation is 1. The van der Waals surface area contributed by atoms with Crippen molar-refractivity contribution in [1.82, 2.24) is 15.1 Å². The molecule has 0 unspecified atom stereocenters. The maximum absolute atomic E-state index is 12.6. The SMILES string of the molecule is Cc1cccc(OCC(=O)N2CCc3[nH]nc(-c4ccc(Cl)cc4)c3C2)c1. The fourth-order valence-corrected chi connectivity index (χ4v) is 3.42. The lowest BCUT2D eigenvalue weighted by molar-refractivity contribution is -0.134. The van der Waals surface area contributed by atoms with Crippen molar-refractivity contribution in [3.8, 4) is 17.0 Å². The zero-order valence-electron chi connectivity index (χ0n) is 15.0. The highest BCUT2D eigenvalue weighted by Crippen LogP contribution is 2.29. The Bertz CT molecular complexity index is 966. The van der Waals surface area contributed by atoms with Gasteiger partial charge >= 0.3 is 0 Å². The third kappa shape index (κ3) is 3.83. The molecular weight excluding hydrogens is 362 g/mol. The first-order valence-electron chi connectivity index (χ1n) is 8.89. The molecule has 0 saturated heterocycles. The number of aromatic amines is 1. The summed E-state index contributed by atoms with van der Waals surface area (Å²) in [5, 5.41) is 8.26. The topological polar surface area (TPSA) is 58.2 Å². The number of benzene rings is 2. The summed E-state index contributed by atoms with van der Waals surface area (Å²) in [6.45, 7) is 3.22. The molecule has 1 N–H and O–H groups in total. The molecule has 1 aliphatic rings. The van der Waals surface area contributed by atoms with Crippen LogP contribution in [0.2, 0.25) is 5.02 Å². The Hall–Kier alpha value is -2.79. The maximum Gasteiger partial charge on any atom is 0.260 e. The molecular formula is C21H20ClN3O2. The van der Waals surface area contributed by atoms with Gasteiger partial charge in [0.1, 0.15) is 5.75 Å². The second-order valence-corrected chi connectivity index (χ2v) is 7.14. The molecule has 0 radical (unpaired) electrons. The van der Waals surface area contributed by atoms with Crippen molar-refractivity contribution in [2.24, 2.45) is 0 Å². The number of aromatic nitrogens is 2. The van der Waals surface area contributed by atoms with Crippen molar-refractivity contribution < 1.29 is 9.53 Å². The number of hydrogen-bond donors (Lipinski definition) is 1. The number of hydrogen-bond acceptors (Lipinski definition) is 3. The predicted molar refractivity (Wildman–Crippen MR) is 105 cm³/mol. The van der Waals surface area contributed by atoms with Crippen molar-refractivity contribution in [2.75, 3.05) is 13.2 Å². The number of carbonyl (C=O) groups is 1. The van der Waals surface area contributed by atoms with Crippen molar-refractivity contribution in [3.05, 3.63) is 70.4 Å². The van der Waals surface area contributed by atoms with Gasteiger partial charge in [-0.25, -0.2) is 0 Å². The van der Waals surface area contributed by atoms with Crippen LogP contribution in [0.1, 0.15) is 16.8 Å². The molecule has 0 atom stereocenters. The first-order valence-corrected chi connectivity index (χ1v) is 9.27. The minimum atomic E-state index is -0.0228. The van der Waals surface area contributed by atoms with Crippen LogP contribution in [0.3, 0.4) is 0 Å². The minimum Gasteiger partial charge on any atom is -0.484 e. The molecule has 0 aliphatic carbocycles. The van der Waals surface area contributed by atoms with Crippen LogP contribution in [-0.2, 0) is 17.8 Å². The number of nitrogens with zero attached hydrogens (tertiary/aromatic N) is 2. The molecule has 1 aliphatic heterocycles. The van der Waals surface area contributed by atoms with Gasteiger partial charge in [0.15, 0.2) is 6.61 Å². The predicted octanol–water partition coefficient (Wildman–Crippen LogP) is 4.00. The van der Waals surface area contributed by atoms with Crippen molar-refractivity contribution in [3.63, 3.8) is 0 Å². The van der Waals surface area contributed by atoms with E-state index in [2.05, 4.69) is 10.2 Å². The summed E-state index contributed by atoms with van der Waals surface area (Å²) >= 11 is 5.98. The Morgan fingerprint density at radius 2 is 2.07 bits per heavy atom. The smallest absolute Gasteiger partial charge is 0.260 e. The van der Waals surface area contributed by atoms with Crippen LogP contribution in [0.15, 0.2) is 48.5 Å². The van der Waals surface area contributed by atoms with Crippen LogP contribution < -0.4 is 4.74 Å². The highest BCUT2D eigenvalue weighted by atomic mass is 35.5. The summed E-state index contributed by atoms with van der Waals surface area (Å²) in [7, 11) is 0. The fraction of sp³-hybridized carbons (Fsp3) is 0.238. The molecule has 0 spiro atoms. The second kappa shape index (κ2) is 7.45. The standard InChI is InChI=1S/C21H20ClN3O2/c1-14-3-2-4-17(11-14)27-13-20(26)25-10-9-19-18(12-25)21(24-23-19)15-5-7-16(22)8-6-15/h2-8,11H,9-10,12-13H2,1H3,(H,23,24). The van der Waals surface area contributed by atoms with Gasteiger partial charge in [0.25, 0.3) is 5.91 Å². The molecule has 3 aromatic rings. The van der Waals surface area contributed by atoms with Crippen LogP contribution in [0, 0.1) is 6.92 Å². The number of halogens is 1. The molecule has 138 valence electrons. The Balaban J connectivity index is 1.46. The number of H-pyrrole nitrogens is 1. The van der Waals surface area contributed by atoms with Crippen LogP contribution >= 0.6 is 11.6 Å². The first-order chi connectivity index (χ1) is 13.1. The fourth-order valence-electron chi connectivity index (χ4n) is 3.30. The average Bonchev–Trinajstić information content (AvgIpc) is 3.10. The molecule has 5 nitrogen and oxygen atoms in total. The quantitative estimate of drug-likeness (QED) is 0.743. The van der Waals surface area contributed by atoms with E-state index in [0.717, 1.165) is 34.5 Å². The van der Waals surface area contributed by atoms with Crippen LogP contribution in [0.25, 0.3) is 11.3 Å². The molecule has 0 fully saturated rings. The minimum absolute atomic E-state index is 0.0228. The third-order valence-electron chi connectivity index (χ3n) is 4.76. The summed E-state index contributed by atoms with van der Waals surface area (Å²) in [5.41, 5.74) is 5.12. The lowest BCUT2D eigenvalue weighted by Crippen LogP contribution is -2.38. The van der Waals surface area contributed by atoms with E-state index in [1.165, 1.54) is 0 Å². The zero-order chi connectivity index (χ0) is 18.8. The van der Waals surface area contributed by atoms with Crippen LogP contribution in [0.4, 0.5) is 0 Å². The summed E-state index contributed by atoms with van der Waals surface area (Å²) < 4.78 is 5.67. The molecule has 0 saturated carbocycles. The van der Waals surface area contributed by atoms with E-state index in [9.17, 15) is 4.79 Å². The number of carbonyl (C=O) groups excluding carboxylic acids is 1. The van der Waals surface area contributed by atoms with Gasteiger partial charge in [-0.2, -0.15) is 5.10 Å². The van der Waals surface area contributed by atoms with Crippen LogP contribution in [0.5, 0.6) is 5.75 Å². The number of rotatable bonds is 4. The van der Waals surface area contributed by atoms with Gasteiger partial charge in [-0.3, -0.25) is 9.89 Å². The van der Waals surface area contributed by atoms with E-state index in [0.29, 0.717) is 23.9 Å². The molecule has 1 amide bonds. The monoisotopic (exact) mass is 381 g/mol. The number of nitrogens with one attached hydrogen (secondary N) is 1. The van der Waals surface area contributed by atoms with Crippen molar-refractivity contribution in [2.45, 2.75) is 19.9 Å². The van der Waals surface area contributed by atoms with Crippen molar-refractivity contribution in [1.29, 1.82) is 0 Å². The van der Waals surface area contributed by atoms with Gasteiger partial charge in [0.2, 0.25) is 0 Å². The summed E-state index contributed by atoms with van der Waals surface area (Å²) in [5.74, 6) is 0.691. The second-order valence-electron chi connectivity index (χ2n) is 6.71. The Kier molecular flexibility index (Phi) is 4.86. The summed E-state index contributed by atoms with van der Waals surface area (Å²) in [4.78, 5) is 14.5. The van der Waals surface area contributed by atoms with Gasteiger partial charge in [-0.15, -0.1) is 0 Å². The molecule has 4 rings (SSSR count). The molecule has 2 heterocycles. The summed E-state index contributed by atoms with van der Waals surface area (Å²) in [6, 6.07) is 15.3. The highest BCUT2D eigenvalue weighted by molar-refractivity contribution is 6.30. The van der Waals surface area contributed by atoms with Gasteiger partial charge < -0.3 is 9.64 Å². The van der Waals surface area contributed by atoms with E-state index >= 15 is 0 Å². The molecule has 27 heavy (non-hydrogen) atoms. The van der Waals surface area contributed by atoms with E-state index in [4.69, 9.17) is 16.3 Å². The van der Waals surface area contributed by atoms with Crippen molar-refractivity contribution >= 4 is 17.5 Å². The Morgan fingerprint density at radius 3 is 2.85 bits per heavy atom. The largest absolute Gasteiger partial charge is 0.484 e. The van der Waals surface area contributed by atoms with Gasteiger partial charge in [-0.05, 0) is 36.8 Å². The molecule has 1 aromatic heterocycles. The van der Waals surface area contributed by atoms with E-state index in [-0.39, 0.29) is 12.5 Å². The summed E-state index contributed by atoms with van der Waals surface area (Å²) in [6.07, 6.45) is 0.756. The average molecular weight is 382 g/mol. The van der Waals surface area contributed by atoms with Gasteiger partial charge in [0, 0.05) is 41.4 Å². The molecule has 2 aromatic carbocycles. The van der Waals surface area contributed by atoms with Gasteiger partial charge in [-0.1, -0.05) is 35.9 Å². The third-order valence-corrected chi connectivity index (χ3v) is 5.01. The lowest BCUT2D eigenvalue weighted by atomic mass is 10.0. The normalized spacial score (nSPS) is 13.3. The maximum atomic E-state index is 12.6. The highest BCUT2D eigenvalue weighted by Gasteiger charge is 2.25. The molecule has 0 bridgehead atoms. The van der Waals surface area contributed by atoms with Crippen LogP contribution in [-0.4, -0.2) is 34.2 Å². The lowest BCUT2D eigenvalue weighted by Gasteiger charge is -2.27.